The zero-order chi connectivity index (χ0) is 29.7. The second-order valence-electron chi connectivity index (χ2n) is 11.2. The van der Waals surface area contributed by atoms with Crippen LogP contribution in [0.3, 0.4) is 0 Å². The standard InChI is InChI=1S/C41H27N3O/c1-4-13-29(14-5-1)41-42-35-25-23-28-15-12-22-38(39(28)40(35)45-41)43(30-16-6-2-7-17-30)32-24-26-37-34(27-32)33-20-10-11-21-36(33)44(37)31-18-8-3-9-19-31/h1-27H. The number of nitrogens with zero attached hydrogens (tertiary/aromatic N) is 3. The lowest BCUT2D eigenvalue weighted by molar-refractivity contribution is 0.623. The van der Waals surface area contributed by atoms with Crippen LogP contribution in [0.2, 0.25) is 0 Å². The van der Waals surface area contributed by atoms with Crippen LogP contribution in [-0.4, -0.2) is 9.55 Å². The van der Waals surface area contributed by atoms with Crippen LogP contribution in [-0.2, 0) is 0 Å². The molecule has 9 rings (SSSR count). The molecule has 45 heavy (non-hydrogen) atoms. The molecule has 0 spiro atoms. The summed E-state index contributed by atoms with van der Waals surface area (Å²) in [6.07, 6.45) is 0. The fourth-order valence-corrected chi connectivity index (χ4v) is 6.59. The first kappa shape index (κ1) is 25.4. The van der Waals surface area contributed by atoms with Crippen LogP contribution in [0.25, 0.3) is 60.8 Å². The van der Waals surface area contributed by atoms with Crippen molar-refractivity contribution in [2.45, 2.75) is 0 Å². The van der Waals surface area contributed by atoms with E-state index in [1.807, 2.05) is 30.3 Å². The summed E-state index contributed by atoms with van der Waals surface area (Å²) in [7, 11) is 0. The summed E-state index contributed by atoms with van der Waals surface area (Å²) in [5, 5.41) is 4.54. The van der Waals surface area contributed by atoms with Crippen LogP contribution >= 0.6 is 0 Å². The van der Waals surface area contributed by atoms with E-state index in [9.17, 15) is 0 Å². The quantitative estimate of drug-likeness (QED) is 0.204. The first-order valence-corrected chi connectivity index (χ1v) is 15.1. The van der Waals surface area contributed by atoms with E-state index in [4.69, 9.17) is 9.40 Å². The molecule has 0 amide bonds. The molecule has 0 fully saturated rings. The summed E-state index contributed by atoms with van der Waals surface area (Å²) in [4.78, 5) is 7.23. The zero-order valence-electron chi connectivity index (χ0n) is 24.3. The second-order valence-corrected chi connectivity index (χ2v) is 11.2. The number of aromatic nitrogens is 2. The monoisotopic (exact) mass is 577 g/mol. The zero-order valence-corrected chi connectivity index (χ0v) is 24.3. The molecule has 2 heterocycles. The molecular weight excluding hydrogens is 550 g/mol. The third-order valence-corrected chi connectivity index (χ3v) is 8.58. The van der Waals surface area contributed by atoms with Gasteiger partial charge >= 0.3 is 0 Å². The van der Waals surface area contributed by atoms with Gasteiger partial charge in [-0.2, -0.15) is 0 Å². The van der Waals surface area contributed by atoms with Crippen molar-refractivity contribution in [3.63, 3.8) is 0 Å². The molecule has 212 valence electrons. The van der Waals surface area contributed by atoms with Crippen molar-refractivity contribution in [1.82, 2.24) is 9.55 Å². The van der Waals surface area contributed by atoms with Crippen molar-refractivity contribution < 1.29 is 4.42 Å². The molecule has 0 aliphatic heterocycles. The van der Waals surface area contributed by atoms with Crippen LogP contribution in [0.4, 0.5) is 17.1 Å². The minimum atomic E-state index is 0.620. The number of oxazole rings is 1. The highest BCUT2D eigenvalue weighted by molar-refractivity contribution is 6.14. The number of para-hydroxylation sites is 3. The molecule has 0 radical (unpaired) electrons. The Morgan fingerprint density at radius 3 is 2.07 bits per heavy atom. The summed E-state index contributed by atoms with van der Waals surface area (Å²) in [6, 6.07) is 57.3. The molecule has 7 aromatic carbocycles. The van der Waals surface area contributed by atoms with Crippen LogP contribution in [0.5, 0.6) is 0 Å². The van der Waals surface area contributed by atoms with E-state index in [-0.39, 0.29) is 0 Å². The average molecular weight is 578 g/mol. The summed E-state index contributed by atoms with van der Waals surface area (Å²) < 4.78 is 8.92. The van der Waals surface area contributed by atoms with Gasteiger partial charge in [-0.3, -0.25) is 0 Å². The Morgan fingerprint density at radius 2 is 1.24 bits per heavy atom. The maximum Gasteiger partial charge on any atom is 0.227 e. The molecule has 0 unspecified atom stereocenters. The Morgan fingerprint density at radius 1 is 0.533 bits per heavy atom. The minimum absolute atomic E-state index is 0.620. The Balaban J connectivity index is 1.31. The van der Waals surface area contributed by atoms with E-state index in [1.54, 1.807) is 0 Å². The first-order chi connectivity index (χ1) is 22.3. The van der Waals surface area contributed by atoms with Crippen molar-refractivity contribution in [3.05, 3.63) is 164 Å². The fourth-order valence-electron chi connectivity index (χ4n) is 6.59. The van der Waals surface area contributed by atoms with Gasteiger partial charge in [-0.25, -0.2) is 4.98 Å². The Bertz CT molecular complexity index is 2480. The van der Waals surface area contributed by atoms with Crippen molar-refractivity contribution in [2.75, 3.05) is 4.90 Å². The molecular formula is C41H27N3O. The highest BCUT2D eigenvalue weighted by atomic mass is 16.3. The maximum absolute atomic E-state index is 6.57. The van der Waals surface area contributed by atoms with Gasteiger partial charge in [0.2, 0.25) is 5.89 Å². The van der Waals surface area contributed by atoms with Crippen LogP contribution in [0, 0.1) is 0 Å². The Labute approximate surface area is 260 Å². The molecule has 0 atom stereocenters. The molecule has 0 aliphatic carbocycles. The SMILES string of the molecule is c1ccc(-c2nc3ccc4cccc(N(c5ccccc5)c5ccc6c(c5)c5ccccc5n6-c5ccccc5)c4c3o2)cc1. The van der Waals surface area contributed by atoms with Gasteiger partial charge in [0.15, 0.2) is 5.58 Å². The highest BCUT2D eigenvalue weighted by Gasteiger charge is 2.21. The third-order valence-electron chi connectivity index (χ3n) is 8.58. The third kappa shape index (κ3) is 4.11. The maximum atomic E-state index is 6.57. The number of benzene rings is 7. The lowest BCUT2D eigenvalue weighted by atomic mass is 10.0. The second kappa shape index (κ2) is 10.2. The molecule has 0 bridgehead atoms. The molecule has 0 saturated heterocycles. The molecule has 0 saturated carbocycles. The minimum Gasteiger partial charge on any atom is -0.435 e. The van der Waals surface area contributed by atoms with Gasteiger partial charge in [0.25, 0.3) is 0 Å². The summed E-state index contributed by atoms with van der Waals surface area (Å²) >= 11 is 0. The Hall–Kier alpha value is -6.13. The first-order valence-electron chi connectivity index (χ1n) is 15.1. The smallest absolute Gasteiger partial charge is 0.227 e. The van der Waals surface area contributed by atoms with E-state index in [1.165, 1.54) is 21.8 Å². The normalized spacial score (nSPS) is 11.6. The topological polar surface area (TPSA) is 34.2 Å². The number of rotatable bonds is 5. The number of hydrogen-bond acceptors (Lipinski definition) is 3. The van der Waals surface area contributed by atoms with Crippen molar-refractivity contribution in [1.29, 1.82) is 0 Å². The molecule has 0 aliphatic rings. The summed E-state index contributed by atoms with van der Waals surface area (Å²) in [6.45, 7) is 0. The van der Waals surface area contributed by atoms with E-state index in [0.29, 0.717) is 5.89 Å². The van der Waals surface area contributed by atoms with E-state index < -0.39 is 0 Å². The van der Waals surface area contributed by atoms with Gasteiger partial charge in [-0.15, -0.1) is 0 Å². The molecule has 2 aromatic heterocycles. The predicted molar refractivity (Wildman–Crippen MR) is 186 cm³/mol. The van der Waals surface area contributed by atoms with Gasteiger partial charge in [-0.05, 0) is 78.2 Å². The molecule has 9 aromatic rings. The van der Waals surface area contributed by atoms with E-state index >= 15 is 0 Å². The van der Waals surface area contributed by atoms with Crippen molar-refractivity contribution in [2.24, 2.45) is 0 Å². The van der Waals surface area contributed by atoms with Gasteiger partial charge in [0, 0.05) is 33.4 Å². The van der Waals surface area contributed by atoms with Crippen LogP contribution < -0.4 is 4.90 Å². The van der Waals surface area contributed by atoms with Gasteiger partial charge in [0.05, 0.1) is 22.1 Å². The average Bonchev–Trinajstić information content (AvgIpc) is 3.69. The molecule has 4 nitrogen and oxygen atoms in total. The van der Waals surface area contributed by atoms with Gasteiger partial charge in [0.1, 0.15) is 5.52 Å². The van der Waals surface area contributed by atoms with Gasteiger partial charge < -0.3 is 13.9 Å². The lowest BCUT2D eigenvalue weighted by Gasteiger charge is -2.27. The highest BCUT2D eigenvalue weighted by Crippen LogP contribution is 2.44. The Kier molecular flexibility index (Phi) is 5.78. The van der Waals surface area contributed by atoms with E-state index in [2.05, 4.69) is 143 Å². The predicted octanol–water partition coefficient (Wildman–Crippen LogP) is 11.2. The fraction of sp³-hybridized carbons (Fsp3) is 0. The van der Waals surface area contributed by atoms with E-state index in [0.717, 1.165) is 50.2 Å². The molecule has 0 N–H and O–H groups in total. The van der Waals surface area contributed by atoms with Crippen LogP contribution in [0.1, 0.15) is 0 Å². The largest absolute Gasteiger partial charge is 0.435 e. The van der Waals surface area contributed by atoms with Crippen molar-refractivity contribution in [3.8, 4) is 17.1 Å². The summed E-state index contributed by atoms with van der Waals surface area (Å²) in [5.74, 6) is 0.620. The number of anilines is 3. The lowest BCUT2D eigenvalue weighted by Crippen LogP contribution is -2.10. The van der Waals surface area contributed by atoms with Gasteiger partial charge in [-0.1, -0.05) is 91.0 Å². The number of fused-ring (bicyclic) bond motifs is 6. The van der Waals surface area contributed by atoms with Crippen molar-refractivity contribution >= 4 is 60.7 Å². The van der Waals surface area contributed by atoms with Crippen LogP contribution in [0.15, 0.2) is 168 Å². The summed E-state index contributed by atoms with van der Waals surface area (Å²) in [5.41, 5.74) is 9.24. The molecule has 4 heteroatoms. The number of hydrogen-bond donors (Lipinski definition) is 0.